The van der Waals surface area contributed by atoms with Crippen LogP contribution >= 0.6 is 0 Å². The summed E-state index contributed by atoms with van der Waals surface area (Å²) in [5, 5.41) is 2.65. The van der Waals surface area contributed by atoms with Gasteiger partial charge in [-0.15, -0.1) is 0 Å². The first-order valence-electron chi connectivity index (χ1n) is 6.05. The lowest BCUT2D eigenvalue weighted by atomic mass is 10.1. The molecule has 1 fully saturated rings. The van der Waals surface area contributed by atoms with E-state index in [-0.39, 0.29) is 30.3 Å². The summed E-state index contributed by atoms with van der Waals surface area (Å²) in [6.45, 7) is 0.932. The van der Waals surface area contributed by atoms with Crippen LogP contribution in [0.5, 0.6) is 0 Å². The van der Waals surface area contributed by atoms with Crippen molar-refractivity contribution in [1.82, 2.24) is 10.2 Å². The third kappa shape index (κ3) is 3.27. The minimum atomic E-state index is -1.00. The standard InChI is InChI=1S/C13H14F2N2O2/c14-10-4-1-3-9(13(10)15)7-12(19)17-6-2-5-16-11(18)8-17/h1,3-4H,2,5-8H2,(H,16,18). The summed E-state index contributed by atoms with van der Waals surface area (Å²) < 4.78 is 26.5. The zero-order chi connectivity index (χ0) is 13.8. The molecule has 2 amide bonds. The molecule has 1 aromatic carbocycles. The second-order valence-corrected chi connectivity index (χ2v) is 4.41. The molecule has 1 N–H and O–H groups in total. The van der Waals surface area contributed by atoms with Crippen molar-refractivity contribution in [2.24, 2.45) is 0 Å². The van der Waals surface area contributed by atoms with Crippen LogP contribution in [0.4, 0.5) is 8.78 Å². The van der Waals surface area contributed by atoms with Gasteiger partial charge < -0.3 is 10.2 Å². The molecular weight excluding hydrogens is 254 g/mol. The summed E-state index contributed by atoms with van der Waals surface area (Å²) in [6.07, 6.45) is 0.417. The van der Waals surface area contributed by atoms with Gasteiger partial charge in [0.25, 0.3) is 0 Å². The smallest absolute Gasteiger partial charge is 0.239 e. The van der Waals surface area contributed by atoms with E-state index in [4.69, 9.17) is 0 Å². The molecule has 102 valence electrons. The molecule has 0 aromatic heterocycles. The Morgan fingerprint density at radius 3 is 2.95 bits per heavy atom. The largest absolute Gasteiger partial charge is 0.354 e. The van der Waals surface area contributed by atoms with E-state index >= 15 is 0 Å². The van der Waals surface area contributed by atoms with Crippen molar-refractivity contribution in [1.29, 1.82) is 0 Å². The Kier molecular flexibility index (Phi) is 4.09. The quantitative estimate of drug-likeness (QED) is 0.864. The van der Waals surface area contributed by atoms with Crippen LogP contribution < -0.4 is 5.32 Å². The average Bonchev–Trinajstić information content (AvgIpc) is 2.60. The second kappa shape index (κ2) is 5.77. The first-order chi connectivity index (χ1) is 9.08. The van der Waals surface area contributed by atoms with E-state index in [1.165, 1.54) is 17.0 Å². The molecule has 1 aromatic rings. The van der Waals surface area contributed by atoms with Gasteiger partial charge in [0.15, 0.2) is 11.6 Å². The number of halogens is 2. The Hall–Kier alpha value is -1.98. The van der Waals surface area contributed by atoms with Crippen molar-refractivity contribution >= 4 is 11.8 Å². The zero-order valence-corrected chi connectivity index (χ0v) is 10.3. The van der Waals surface area contributed by atoms with E-state index in [0.29, 0.717) is 19.5 Å². The maximum atomic E-state index is 13.5. The average molecular weight is 268 g/mol. The highest BCUT2D eigenvalue weighted by Crippen LogP contribution is 2.13. The van der Waals surface area contributed by atoms with E-state index in [1.807, 2.05) is 0 Å². The number of hydrogen-bond donors (Lipinski definition) is 1. The summed E-state index contributed by atoms with van der Waals surface area (Å²) in [5.74, 6) is -2.58. The van der Waals surface area contributed by atoms with Gasteiger partial charge in [-0.2, -0.15) is 0 Å². The van der Waals surface area contributed by atoms with Crippen molar-refractivity contribution in [3.8, 4) is 0 Å². The second-order valence-electron chi connectivity index (χ2n) is 4.41. The summed E-state index contributed by atoms with van der Waals surface area (Å²) >= 11 is 0. The maximum absolute atomic E-state index is 13.5. The van der Waals surface area contributed by atoms with Crippen LogP contribution in [0.1, 0.15) is 12.0 Å². The van der Waals surface area contributed by atoms with E-state index in [2.05, 4.69) is 5.32 Å². The van der Waals surface area contributed by atoms with Gasteiger partial charge in [-0.3, -0.25) is 9.59 Å². The van der Waals surface area contributed by atoms with Crippen LogP contribution in [0.25, 0.3) is 0 Å². The van der Waals surface area contributed by atoms with Crippen LogP contribution in [-0.4, -0.2) is 36.3 Å². The molecule has 4 nitrogen and oxygen atoms in total. The zero-order valence-electron chi connectivity index (χ0n) is 10.3. The predicted octanol–water partition coefficient (Wildman–Crippen LogP) is 0.856. The molecule has 0 aliphatic carbocycles. The Morgan fingerprint density at radius 2 is 2.16 bits per heavy atom. The minimum absolute atomic E-state index is 0.00894. The molecule has 0 radical (unpaired) electrons. The van der Waals surface area contributed by atoms with Crippen LogP contribution in [0.2, 0.25) is 0 Å². The van der Waals surface area contributed by atoms with Crippen molar-refractivity contribution < 1.29 is 18.4 Å². The fourth-order valence-electron chi connectivity index (χ4n) is 1.98. The summed E-state index contributed by atoms with van der Waals surface area (Å²) in [4.78, 5) is 24.7. The van der Waals surface area contributed by atoms with Crippen LogP contribution in [0, 0.1) is 11.6 Å². The Bertz CT molecular complexity index is 505. The normalized spacial score (nSPS) is 15.9. The first-order valence-corrected chi connectivity index (χ1v) is 6.05. The van der Waals surface area contributed by atoms with E-state index < -0.39 is 11.6 Å². The number of rotatable bonds is 2. The van der Waals surface area contributed by atoms with Gasteiger partial charge in [0.2, 0.25) is 11.8 Å². The number of nitrogens with zero attached hydrogens (tertiary/aromatic N) is 1. The molecule has 2 rings (SSSR count). The summed E-state index contributed by atoms with van der Waals surface area (Å²) in [5.41, 5.74) is 0.00894. The SMILES string of the molecule is O=C1CN(C(=O)Cc2cccc(F)c2F)CCCN1. The van der Waals surface area contributed by atoms with Gasteiger partial charge in [-0.25, -0.2) is 8.78 Å². The molecule has 0 unspecified atom stereocenters. The number of carbonyl (C=O) groups is 2. The van der Waals surface area contributed by atoms with E-state index in [1.54, 1.807) is 0 Å². The van der Waals surface area contributed by atoms with Crippen molar-refractivity contribution in [2.75, 3.05) is 19.6 Å². The fourth-order valence-corrected chi connectivity index (χ4v) is 1.98. The van der Waals surface area contributed by atoms with Gasteiger partial charge in [0.1, 0.15) is 0 Å². The maximum Gasteiger partial charge on any atom is 0.239 e. The molecule has 0 saturated carbocycles. The van der Waals surface area contributed by atoms with Gasteiger partial charge >= 0.3 is 0 Å². The highest BCUT2D eigenvalue weighted by molar-refractivity contribution is 5.86. The van der Waals surface area contributed by atoms with Crippen LogP contribution in [0.15, 0.2) is 18.2 Å². The molecule has 6 heteroatoms. The van der Waals surface area contributed by atoms with Crippen molar-refractivity contribution in [2.45, 2.75) is 12.8 Å². The lowest BCUT2D eigenvalue weighted by molar-refractivity contribution is -0.134. The monoisotopic (exact) mass is 268 g/mol. The Morgan fingerprint density at radius 1 is 1.37 bits per heavy atom. The molecule has 1 heterocycles. The lowest BCUT2D eigenvalue weighted by Gasteiger charge is -2.19. The van der Waals surface area contributed by atoms with Crippen LogP contribution in [-0.2, 0) is 16.0 Å². The molecule has 0 atom stereocenters. The highest BCUT2D eigenvalue weighted by atomic mass is 19.2. The van der Waals surface area contributed by atoms with Crippen molar-refractivity contribution in [3.05, 3.63) is 35.4 Å². The first kappa shape index (κ1) is 13.5. The Balaban J connectivity index is 2.07. The number of nitrogens with one attached hydrogen (secondary N) is 1. The number of amides is 2. The molecule has 1 aliphatic heterocycles. The molecule has 0 bridgehead atoms. The van der Waals surface area contributed by atoms with Gasteiger partial charge in [0.05, 0.1) is 13.0 Å². The molecule has 1 saturated heterocycles. The Labute approximate surface area is 109 Å². The topological polar surface area (TPSA) is 49.4 Å². The third-order valence-corrected chi connectivity index (χ3v) is 2.99. The molecule has 0 spiro atoms. The predicted molar refractivity (Wildman–Crippen MR) is 64.3 cm³/mol. The number of hydrogen-bond acceptors (Lipinski definition) is 2. The van der Waals surface area contributed by atoms with Gasteiger partial charge in [-0.1, -0.05) is 12.1 Å². The lowest BCUT2D eigenvalue weighted by Crippen LogP contribution is -2.38. The van der Waals surface area contributed by atoms with Gasteiger partial charge in [-0.05, 0) is 12.5 Å². The van der Waals surface area contributed by atoms with E-state index in [0.717, 1.165) is 6.07 Å². The van der Waals surface area contributed by atoms with Crippen molar-refractivity contribution in [3.63, 3.8) is 0 Å². The molecule has 1 aliphatic rings. The number of carbonyl (C=O) groups excluding carboxylic acids is 2. The molecule has 19 heavy (non-hydrogen) atoms. The highest BCUT2D eigenvalue weighted by Gasteiger charge is 2.21. The number of benzene rings is 1. The molecular formula is C13H14F2N2O2. The van der Waals surface area contributed by atoms with Gasteiger partial charge in [0, 0.05) is 18.7 Å². The third-order valence-electron chi connectivity index (χ3n) is 2.99. The minimum Gasteiger partial charge on any atom is -0.354 e. The summed E-state index contributed by atoms with van der Waals surface area (Å²) in [7, 11) is 0. The fraction of sp³-hybridized carbons (Fsp3) is 0.385. The summed E-state index contributed by atoms with van der Waals surface area (Å²) in [6, 6.07) is 3.73. The van der Waals surface area contributed by atoms with E-state index in [9.17, 15) is 18.4 Å². The van der Waals surface area contributed by atoms with Crippen LogP contribution in [0.3, 0.4) is 0 Å².